The molecule has 0 saturated heterocycles. The summed E-state index contributed by atoms with van der Waals surface area (Å²) >= 11 is 0. The minimum Gasteiger partial charge on any atom is -0.463 e. The van der Waals surface area contributed by atoms with Crippen LogP contribution in [0.2, 0.25) is 0 Å². The smallest absolute Gasteiger partial charge is 0.289 e. The minimum absolute atomic E-state index is 0.677. The van der Waals surface area contributed by atoms with Gasteiger partial charge >= 0.3 is 0 Å². The molecule has 0 bridgehead atoms. The van der Waals surface area contributed by atoms with Crippen molar-refractivity contribution in [2.45, 2.75) is 26.2 Å². The first-order valence-corrected chi connectivity index (χ1v) is 6.38. The fourth-order valence-electron chi connectivity index (χ4n) is 2.61. The number of nitrogens with one attached hydrogen (secondary N) is 1. The second kappa shape index (κ2) is 4.40. The largest absolute Gasteiger partial charge is 0.463 e. The highest BCUT2D eigenvalue weighted by Gasteiger charge is 2.19. The Labute approximate surface area is 102 Å². The van der Waals surface area contributed by atoms with Gasteiger partial charge in [0.2, 0.25) is 0 Å². The zero-order valence-corrected chi connectivity index (χ0v) is 10.2. The Balaban J connectivity index is 1.88. The van der Waals surface area contributed by atoms with E-state index in [0.29, 0.717) is 12.6 Å². The number of amidine groups is 1. The topological polar surface area (TPSA) is 33.6 Å². The highest BCUT2D eigenvalue weighted by molar-refractivity contribution is 5.90. The molecule has 2 aliphatic rings. The molecule has 3 nitrogen and oxygen atoms in total. The number of anilines is 1. The molecule has 0 aromatic heterocycles. The maximum Gasteiger partial charge on any atom is 0.289 e. The van der Waals surface area contributed by atoms with Crippen LogP contribution in [-0.4, -0.2) is 19.2 Å². The number of nitrogens with zero attached hydrogens (tertiary/aromatic N) is 1. The van der Waals surface area contributed by atoms with Crippen LogP contribution in [0.1, 0.15) is 24.5 Å². The molecule has 90 valence electrons. The van der Waals surface area contributed by atoms with Gasteiger partial charge in [0.25, 0.3) is 6.02 Å². The van der Waals surface area contributed by atoms with Crippen LogP contribution in [0.3, 0.4) is 0 Å². The summed E-state index contributed by atoms with van der Waals surface area (Å²) in [7, 11) is 0. The summed E-state index contributed by atoms with van der Waals surface area (Å²) in [5.74, 6) is 0.775. The molecule has 1 unspecified atom stereocenters. The van der Waals surface area contributed by atoms with Crippen molar-refractivity contribution in [3.05, 3.63) is 29.3 Å². The molecule has 3 rings (SSSR count). The Morgan fingerprint density at radius 1 is 1.41 bits per heavy atom. The molecule has 0 saturated carbocycles. The summed E-state index contributed by atoms with van der Waals surface area (Å²) < 4.78 is 5.41. The second-order valence-corrected chi connectivity index (χ2v) is 4.95. The van der Waals surface area contributed by atoms with Crippen molar-refractivity contribution < 1.29 is 4.74 Å². The van der Waals surface area contributed by atoms with E-state index >= 15 is 0 Å². The van der Waals surface area contributed by atoms with Gasteiger partial charge in [-0.3, -0.25) is 0 Å². The molecule has 1 N–H and O–H groups in total. The van der Waals surface area contributed by atoms with Gasteiger partial charge < -0.3 is 10.1 Å². The lowest BCUT2D eigenvalue weighted by Crippen LogP contribution is -2.17. The van der Waals surface area contributed by atoms with E-state index in [9.17, 15) is 0 Å². The van der Waals surface area contributed by atoms with Gasteiger partial charge in [0, 0.05) is 5.69 Å². The molecule has 17 heavy (non-hydrogen) atoms. The summed E-state index contributed by atoms with van der Waals surface area (Å²) in [6.45, 7) is 3.80. The van der Waals surface area contributed by atoms with E-state index in [1.54, 1.807) is 0 Å². The molecular weight excluding hydrogens is 212 g/mol. The van der Waals surface area contributed by atoms with Crippen LogP contribution >= 0.6 is 0 Å². The van der Waals surface area contributed by atoms with Crippen molar-refractivity contribution in [1.29, 1.82) is 0 Å². The Morgan fingerprint density at radius 3 is 3.18 bits per heavy atom. The van der Waals surface area contributed by atoms with Crippen molar-refractivity contribution in [2.75, 3.05) is 18.5 Å². The van der Waals surface area contributed by atoms with Crippen molar-refractivity contribution in [3.8, 4) is 0 Å². The van der Waals surface area contributed by atoms with Crippen molar-refractivity contribution in [3.63, 3.8) is 0 Å². The predicted octanol–water partition coefficient (Wildman–Crippen LogP) is 2.61. The normalized spacial score (nSPS) is 22.6. The van der Waals surface area contributed by atoms with Gasteiger partial charge in [0.05, 0.1) is 6.54 Å². The van der Waals surface area contributed by atoms with E-state index in [-0.39, 0.29) is 0 Å². The van der Waals surface area contributed by atoms with Crippen molar-refractivity contribution >= 4 is 11.7 Å². The highest BCUT2D eigenvalue weighted by atomic mass is 16.5. The third kappa shape index (κ3) is 2.14. The molecule has 0 amide bonds. The Morgan fingerprint density at radius 2 is 2.35 bits per heavy atom. The van der Waals surface area contributed by atoms with Gasteiger partial charge in [-0.25, -0.2) is 4.99 Å². The number of aryl methyl sites for hydroxylation is 1. The van der Waals surface area contributed by atoms with E-state index < -0.39 is 0 Å². The Bertz CT molecular complexity index is 454. The van der Waals surface area contributed by atoms with Crippen LogP contribution in [0.25, 0.3) is 0 Å². The summed E-state index contributed by atoms with van der Waals surface area (Å²) in [4.78, 5) is 4.28. The lowest BCUT2D eigenvalue weighted by molar-refractivity contribution is 0.346. The van der Waals surface area contributed by atoms with E-state index in [1.807, 2.05) is 0 Å². The van der Waals surface area contributed by atoms with Gasteiger partial charge in [0.1, 0.15) is 6.61 Å². The van der Waals surface area contributed by atoms with Crippen LogP contribution < -0.4 is 5.32 Å². The molecule has 1 aliphatic heterocycles. The average Bonchev–Trinajstić information content (AvgIpc) is 2.83. The minimum atomic E-state index is 0.677. The zero-order valence-electron chi connectivity index (χ0n) is 10.2. The van der Waals surface area contributed by atoms with E-state index in [1.165, 1.54) is 29.7 Å². The van der Waals surface area contributed by atoms with Crippen LogP contribution in [0.15, 0.2) is 23.2 Å². The molecule has 1 atom stereocenters. The zero-order chi connectivity index (χ0) is 11.7. The monoisotopic (exact) mass is 230 g/mol. The van der Waals surface area contributed by atoms with Crippen LogP contribution in [0.4, 0.5) is 5.69 Å². The molecule has 1 heterocycles. The number of ether oxygens (including phenoxy) is 1. The van der Waals surface area contributed by atoms with E-state index in [0.717, 1.165) is 18.9 Å². The second-order valence-electron chi connectivity index (χ2n) is 4.95. The third-order valence-electron chi connectivity index (χ3n) is 3.56. The summed E-state index contributed by atoms with van der Waals surface area (Å²) in [5, 5.41) is 3.32. The molecule has 1 aliphatic carbocycles. The maximum absolute atomic E-state index is 5.41. The maximum atomic E-state index is 5.41. The van der Waals surface area contributed by atoms with Crippen LogP contribution in [0, 0.1) is 5.92 Å². The number of benzene rings is 1. The molecule has 1 aromatic carbocycles. The molecule has 0 radical (unpaired) electrons. The first kappa shape index (κ1) is 10.6. The lowest BCUT2D eigenvalue weighted by Gasteiger charge is -2.24. The number of hydrogen-bond donors (Lipinski definition) is 1. The number of rotatable bonds is 1. The fourth-order valence-corrected chi connectivity index (χ4v) is 2.61. The Kier molecular flexibility index (Phi) is 2.75. The quantitative estimate of drug-likeness (QED) is 0.804. The van der Waals surface area contributed by atoms with Crippen LogP contribution in [0.5, 0.6) is 0 Å². The van der Waals surface area contributed by atoms with Gasteiger partial charge in [-0.15, -0.1) is 0 Å². The number of aliphatic imine (C=N–C) groups is 1. The lowest BCUT2D eigenvalue weighted by atomic mass is 9.84. The highest BCUT2D eigenvalue weighted by Crippen LogP contribution is 2.30. The van der Waals surface area contributed by atoms with Gasteiger partial charge in [0.15, 0.2) is 0 Å². The van der Waals surface area contributed by atoms with Gasteiger partial charge in [-0.2, -0.15) is 0 Å². The summed E-state index contributed by atoms with van der Waals surface area (Å²) in [6, 6.07) is 7.16. The van der Waals surface area contributed by atoms with E-state index in [2.05, 4.69) is 35.4 Å². The summed E-state index contributed by atoms with van der Waals surface area (Å²) in [6.07, 6.45) is 3.65. The Hall–Kier alpha value is -1.51. The van der Waals surface area contributed by atoms with E-state index in [4.69, 9.17) is 4.74 Å². The van der Waals surface area contributed by atoms with Crippen molar-refractivity contribution in [1.82, 2.24) is 0 Å². The SMILES string of the molecule is CC1CCc2cccc(NC3=NCCO3)c2C1. The van der Waals surface area contributed by atoms with Crippen LogP contribution in [-0.2, 0) is 17.6 Å². The number of fused-ring (bicyclic) bond motifs is 1. The summed E-state index contributed by atoms with van der Waals surface area (Å²) in [5.41, 5.74) is 4.10. The van der Waals surface area contributed by atoms with Gasteiger partial charge in [-0.05, 0) is 42.4 Å². The molecule has 3 heteroatoms. The predicted molar refractivity (Wildman–Crippen MR) is 69.5 cm³/mol. The molecule has 1 aromatic rings. The van der Waals surface area contributed by atoms with Crippen molar-refractivity contribution in [2.24, 2.45) is 10.9 Å². The van der Waals surface area contributed by atoms with Gasteiger partial charge in [-0.1, -0.05) is 19.1 Å². The first-order valence-electron chi connectivity index (χ1n) is 6.38. The molecular formula is C14H18N2O. The number of hydrogen-bond acceptors (Lipinski definition) is 3. The average molecular weight is 230 g/mol. The first-order chi connectivity index (χ1) is 8.33. The fraction of sp³-hybridized carbons (Fsp3) is 0.500. The molecule has 0 spiro atoms. The third-order valence-corrected chi connectivity index (χ3v) is 3.56. The standard InChI is InChI=1S/C14H18N2O/c1-10-5-6-11-3-2-4-13(12(11)9-10)16-14-15-7-8-17-14/h2-4,10H,5-9H2,1H3,(H,15,16). The molecule has 0 fully saturated rings.